The van der Waals surface area contributed by atoms with Crippen molar-refractivity contribution in [3.05, 3.63) is 34.1 Å². The summed E-state index contributed by atoms with van der Waals surface area (Å²) < 4.78 is 20.1. The molecule has 1 aromatic carbocycles. The van der Waals surface area contributed by atoms with E-state index in [4.69, 9.17) is 4.74 Å². The van der Waals surface area contributed by atoms with Gasteiger partial charge in [0.05, 0.1) is 13.2 Å². The van der Waals surface area contributed by atoms with Gasteiger partial charge in [0.1, 0.15) is 5.82 Å². The van der Waals surface area contributed by atoms with Gasteiger partial charge in [0, 0.05) is 41.3 Å². The second-order valence-electron chi connectivity index (χ2n) is 6.18. The van der Waals surface area contributed by atoms with E-state index < -0.39 is 0 Å². The number of ether oxygens (including phenoxy) is 1. The Balaban J connectivity index is 1.94. The summed E-state index contributed by atoms with van der Waals surface area (Å²) in [6.07, 6.45) is 0. The molecular weight excluding hydrogens is 335 g/mol. The van der Waals surface area contributed by atoms with Crippen LogP contribution >= 0.6 is 15.9 Å². The molecule has 0 radical (unpaired) electrons. The smallest absolute Gasteiger partial charge is 0.129 e. The number of nitrogens with zero attached hydrogens (tertiary/aromatic N) is 1. The topological polar surface area (TPSA) is 24.5 Å². The Morgan fingerprint density at radius 1 is 1.38 bits per heavy atom. The maximum absolute atomic E-state index is 14.0. The minimum Gasteiger partial charge on any atom is -0.379 e. The molecule has 1 heterocycles. The van der Waals surface area contributed by atoms with Crippen LogP contribution < -0.4 is 5.32 Å². The van der Waals surface area contributed by atoms with Crippen molar-refractivity contribution in [1.82, 2.24) is 10.2 Å². The van der Waals surface area contributed by atoms with Gasteiger partial charge in [-0.3, -0.25) is 4.90 Å². The van der Waals surface area contributed by atoms with Crippen LogP contribution in [0.1, 0.15) is 32.4 Å². The van der Waals surface area contributed by atoms with Gasteiger partial charge in [-0.05, 0) is 32.9 Å². The lowest BCUT2D eigenvalue weighted by Crippen LogP contribution is -2.54. The molecule has 1 unspecified atom stereocenters. The molecule has 21 heavy (non-hydrogen) atoms. The summed E-state index contributed by atoms with van der Waals surface area (Å²) in [5.41, 5.74) is 0.736. The predicted octanol–water partition coefficient (Wildman–Crippen LogP) is 3.35. The zero-order valence-electron chi connectivity index (χ0n) is 13.0. The van der Waals surface area contributed by atoms with Crippen molar-refractivity contribution in [2.45, 2.75) is 32.4 Å². The van der Waals surface area contributed by atoms with Gasteiger partial charge in [-0.2, -0.15) is 0 Å². The first-order chi connectivity index (χ1) is 9.90. The molecule has 2 rings (SSSR count). The van der Waals surface area contributed by atoms with E-state index in [1.165, 1.54) is 6.07 Å². The zero-order chi connectivity index (χ0) is 15.5. The SMILES string of the molecule is CC(NCC(C)(C)N1CCOCC1)c1ccc(Br)cc1F. The van der Waals surface area contributed by atoms with E-state index in [0.717, 1.165) is 37.3 Å². The van der Waals surface area contributed by atoms with Crippen LogP contribution in [-0.4, -0.2) is 43.3 Å². The van der Waals surface area contributed by atoms with Crippen LogP contribution in [0, 0.1) is 5.82 Å². The summed E-state index contributed by atoms with van der Waals surface area (Å²) in [6.45, 7) is 10.7. The van der Waals surface area contributed by atoms with Crippen molar-refractivity contribution in [1.29, 1.82) is 0 Å². The second-order valence-corrected chi connectivity index (χ2v) is 7.10. The Labute approximate surface area is 135 Å². The van der Waals surface area contributed by atoms with Crippen LogP contribution in [0.5, 0.6) is 0 Å². The number of hydrogen-bond donors (Lipinski definition) is 1. The van der Waals surface area contributed by atoms with Gasteiger partial charge in [-0.15, -0.1) is 0 Å². The Hall–Kier alpha value is -0.490. The number of morpholine rings is 1. The van der Waals surface area contributed by atoms with Crippen LogP contribution in [0.3, 0.4) is 0 Å². The van der Waals surface area contributed by atoms with Crippen molar-refractivity contribution in [3.8, 4) is 0 Å². The quantitative estimate of drug-likeness (QED) is 0.873. The average molecular weight is 359 g/mol. The molecule has 0 amide bonds. The first-order valence-electron chi connectivity index (χ1n) is 7.41. The molecule has 1 N–H and O–H groups in total. The zero-order valence-corrected chi connectivity index (χ0v) is 14.5. The van der Waals surface area contributed by atoms with Crippen molar-refractivity contribution >= 4 is 15.9 Å². The number of hydrogen-bond acceptors (Lipinski definition) is 3. The number of halogens is 2. The second kappa shape index (κ2) is 7.18. The summed E-state index contributed by atoms with van der Waals surface area (Å²) in [5.74, 6) is -0.173. The predicted molar refractivity (Wildman–Crippen MR) is 87.0 cm³/mol. The summed E-state index contributed by atoms with van der Waals surface area (Å²) in [7, 11) is 0. The Bertz CT molecular complexity index is 475. The molecule has 118 valence electrons. The lowest BCUT2D eigenvalue weighted by molar-refractivity contribution is -0.0102. The molecule has 1 saturated heterocycles. The van der Waals surface area contributed by atoms with Gasteiger partial charge >= 0.3 is 0 Å². The number of benzene rings is 1. The summed E-state index contributed by atoms with van der Waals surface area (Å²) in [5, 5.41) is 3.46. The highest BCUT2D eigenvalue weighted by atomic mass is 79.9. The molecule has 1 atom stereocenters. The third kappa shape index (κ3) is 4.49. The number of nitrogens with one attached hydrogen (secondary N) is 1. The highest BCUT2D eigenvalue weighted by molar-refractivity contribution is 9.10. The van der Waals surface area contributed by atoms with E-state index in [1.807, 2.05) is 19.1 Å². The molecule has 5 heteroatoms. The van der Waals surface area contributed by atoms with Crippen LogP contribution in [0.4, 0.5) is 4.39 Å². The maximum atomic E-state index is 14.0. The lowest BCUT2D eigenvalue weighted by Gasteiger charge is -2.41. The van der Waals surface area contributed by atoms with Crippen LogP contribution in [-0.2, 0) is 4.74 Å². The fraction of sp³-hybridized carbons (Fsp3) is 0.625. The Kier molecular flexibility index (Phi) is 5.77. The van der Waals surface area contributed by atoms with Gasteiger partial charge in [0.15, 0.2) is 0 Å². The van der Waals surface area contributed by atoms with Crippen molar-refractivity contribution in [3.63, 3.8) is 0 Å². The molecule has 0 aromatic heterocycles. The fourth-order valence-corrected chi connectivity index (χ4v) is 2.98. The van der Waals surface area contributed by atoms with E-state index in [9.17, 15) is 4.39 Å². The summed E-state index contributed by atoms with van der Waals surface area (Å²) in [6, 6.07) is 5.21. The van der Waals surface area contributed by atoms with E-state index in [-0.39, 0.29) is 17.4 Å². The minimum atomic E-state index is -0.173. The number of rotatable bonds is 5. The van der Waals surface area contributed by atoms with Gasteiger partial charge in [0.25, 0.3) is 0 Å². The molecule has 3 nitrogen and oxygen atoms in total. The molecule has 1 aromatic rings. The van der Waals surface area contributed by atoms with Crippen LogP contribution in [0.15, 0.2) is 22.7 Å². The van der Waals surface area contributed by atoms with Crippen LogP contribution in [0.25, 0.3) is 0 Å². The summed E-state index contributed by atoms with van der Waals surface area (Å²) >= 11 is 3.29. The fourth-order valence-electron chi connectivity index (χ4n) is 2.65. The molecule has 0 spiro atoms. The molecule has 1 aliphatic heterocycles. The molecule has 0 aliphatic carbocycles. The first-order valence-corrected chi connectivity index (χ1v) is 8.20. The highest BCUT2D eigenvalue weighted by Gasteiger charge is 2.28. The van der Waals surface area contributed by atoms with Crippen LogP contribution in [0.2, 0.25) is 0 Å². The molecule has 1 aliphatic rings. The molecule has 0 bridgehead atoms. The van der Waals surface area contributed by atoms with E-state index in [1.54, 1.807) is 0 Å². The Morgan fingerprint density at radius 3 is 2.67 bits per heavy atom. The molecule has 0 saturated carbocycles. The molecule has 1 fully saturated rings. The minimum absolute atomic E-state index is 0.0154. The van der Waals surface area contributed by atoms with Gasteiger partial charge in [-0.1, -0.05) is 22.0 Å². The van der Waals surface area contributed by atoms with Gasteiger partial charge < -0.3 is 10.1 Å². The van der Waals surface area contributed by atoms with Crippen molar-refractivity contribution in [2.75, 3.05) is 32.8 Å². The highest BCUT2D eigenvalue weighted by Crippen LogP contribution is 2.22. The lowest BCUT2D eigenvalue weighted by atomic mass is 10.0. The van der Waals surface area contributed by atoms with Crippen molar-refractivity contribution in [2.24, 2.45) is 0 Å². The van der Waals surface area contributed by atoms with Crippen molar-refractivity contribution < 1.29 is 9.13 Å². The standard InChI is InChI=1S/C16H24BrFN2O/c1-12(14-5-4-13(17)10-15(14)18)19-11-16(2,3)20-6-8-21-9-7-20/h4-5,10,12,19H,6-9,11H2,1-3H3. The van der Waals surface area contributed by atoms with Gasteiger partial charge in [-0.25, -0.2) is 4.39 Å². The first kappa shape index (κ1) is 16.9. The largest absolute Gasteiger partial charge is 0.379 e. The molecular formula is C16H24BrFN2O. The normalized spacial score (nSPS) is 18.7. The Morgan fingerprint density at radius 2 is 2.05 bits per heavy atom. The third-order valence-corrected chi connectivity index (χ3v) is 4.63. The summed E-state index contributed by atoms with van der Waals surface area (Å²) in [4.78, 5) is 2.42. The maximum Gasteiger partial charge on any atom is 0.129 e. The average Bonchev–Trinajstić information content (AvgIpc) is 2.46. The van der Waals surface area contributed by atoms with E-state index in [0.29, 0.717) is 5.56 Å². The van der Waals surface area contributed by atoms with E-state index in [2.05, 4.69) is 40.0 Å². The van der Waals surface area contributed by atoms with E-state index >= 15 is 0 Å². The third-order valence-electron chi connectivity index (χ3n) is 4.14. The van der Waals surface area contributed by atoms with Gasteiger partial charge in [0.2, 0.25) is 0 Å². The monoisotopic (exact) mass is 358 g/mol.